The van der Waals surface area contributed by atoms with E-state index < -0.39 is 6.10 Å². The van der Waals surface area contributed by atoms with E-state index in [4.69, 9.17) is 14.8 Å². The number of nitrogens with zero attached hydrogens (tertiary/aromatic N) is 2. The van der Waals surface area contributed by atoms with Gasteiger partial charge in [0.25, 0.3) is 0 Å². The van der Waals surface area contributed by atoms with Gasteiger partial charge in [-0.15, -0.1) is 0 Å². The molecule has 0 aromatic heterocycles. The largest absolute Gasteiger partial charge is 0.491 e. The van der Waals surface area contributed by atoms with Crippen LogP contribution in [-0.2, 0) is 0 Å². The van der Waals surface area contributed by atoms with E-state index in [-0.39, 0.29) is 19.3 Å². The van der Waals surface area contributed by atoms with Gasteiger partial charge in [-0.2, -0.15) is 0 Å². The molecule has 0 aliphatic carbocycles. The maximum absolute atomic E-state index is 9.45. The van der Waals surface area contributed by atoms with Crippen LogP contribution in [0.2, 0.25) is 0 Å². The van der Waals surface area contributed by atoms with Gasteiger partial charge in [-0.05, 0) is 42.0 Å². The van der Waals surface area contributed by atoms with Gasteiger partial charge in [0, 0.05) is 12.1 Å². The molecule has 2 N–H and O–H groups in total. The van der Waals surface area contributed by atoms with Gasteiger partial charge >= 0.3 is 0 Å². The Bertz CT molecular complexity index is 943. The zero-order chi connectivity index (χ0) is 20.1. The number of aliphatic hydroxyl groups is 2. The summed E-state index contributed by atoms with van der Waals surface area (Å²) in [4.78, 5) is 7.09. The lowest BCUT2D eigenvalue weighted by atomic mass is 9.92. The Morgan fingerprint density at radius 3 is 2.24 bits per heavy atom. The second-order valence-electron chi connectivity index (χ2n) is 7.01. The number of amidine groups is 1. The second kappa shape index (κ2) is 8.90. The van der Waals surface area contributed by atoms with Crippen molar-refractivity contribution in [3.63, 3.8) is 0 Å². The van der Waals surface area contributed by atoms with Crippen LogP contribution >= 0.6 is 0 Å². The van der Waals surface area contributed by atoms with Crippen LogP contribution in [0.25, 0.3) is 0 Å². The summed E-state index contributed by atoms with van der Waals surface area (Å²) in [6.45, 7) is -0.253. The highest BCUT2D eigenvalue weighted by Crippen LogP contribution is 2.40. The molecule has 1 fully saturated rings. The fourth-order valence-corrected chi connectivity index (χ4v) is 3.40. The minimum absolute atomic E-state index is 0.0624. The topological polar surface area (TPSA) is 65.3 Å². The fraction of sp³-hybridized carbons (Fsp3) is 0.208. The minimum Gasteiger partial charge on any atom is -0.491 e. The Labute approximate surface area is 170 Å². The van der Waals surface area contributed by atoms with Crippen molar-refractivity contribution in [1.29, 1.82) is 0 Å². The van der Waals surface area contributed by atoms with Gasteiger partial charge in [0.05, 0.1) is 18.3 Å². The first-order valence-electron chi connectivity index (χ1n) is 9.73. The Kier molecular flexibility index (Phi) is 5.89. The van der Waals surface area contributed by atoms with Gasteiger partial charge in [0.1, 0.15) is 24.3 Å². The van der Waals surface area contributed by atoms with E-state index in [0.717, 1.165) is 23.6 Å². The van der Waals surface area contributed by atoms with Crippen LogP contribution in [0.5, 0.6) is 5.75 Å². The molecule has 1 saturated heterocycles. The van der Waals surface area contributed by atoms with E-state index in [0.29, 0.717) is 5.75 Å². The predicted octanol–water partition coefficient (Wildman–Crippen LogP) is 4.10. The number of benzene rings is 3. The quantitative estimate of drug-likeness (QED) is 0.640. The maximum atomic E-state index is 9.45. The summed E-state index contributed by atoms with van der Waals surface area (Å²) in [5.74, 6) is 1.68. The molecule has 148 valence electrons. The first-order chi connectivity index (χ1) is 14.2. The van der Waals surface area contributed by atoms with Crippen LogP contribution in [0.4, 0.5) is 11.4 Å². The molecule has 3 aromatic carbocycles. The molecular formula is C24H24N2O3. The molecule has 2 atom stereocenters. The van der Waals surface area contributed by atoms with Crippen molar-refractivity contribution < 1.29 is 14.9 Å². The number of hydrogen-bond donors (Lipinski definition) is 2. The molecule has 5 nitrogen and oxygen atoms in total. The number of rotatable bonds is 7. The van der Waals surface area contributed by atoms with Gasteiger partial charge < -0.3 is 19.8 Å². The maximum Gasteiger partial charge on any atom is 0.119 e. The Balaban J connectivity index is 1.58. The molecule has 3 aromatic rings. The lowest BCUT2D eigenvalue weighted by Gasteiger charge is -2.44. The van der Waals surface area contributed by atoms with Gasteiger partial charge in [-0.3, -0.25) is 0 Å². The van der Waals surface area contributed by atoms with Crippen molar-refractivity contribution >= 4 is 17.2 Å². The average Bonchev–Trinajstić information content (AvgIpc) is 2.77. The molecule has 2 unspecified atom stereocenters. The molecule has 0 radical (unpaired) electrons. The van der Waals surface area contributed by atoms with Crippen LogP contribution in [0, 0.1) is 0 Å². The second-order valence-corrected chi connectivity index (χ2v) is 7.01. The number of ether oxygens (including phenoxy) is 1. The predicted molar refractivity (Wildman–Crippen MR) is 115 cm³/mol. The highest BCUT2D eigenvalue weighted by molar-refractivity contribution is 6.06. The van der Waals surface area contributed by atoms with Gasteiger partial charge in [0.2, 0.25) is 0 Å². The summed E-state index contributed by atoms with van der Waals surface area (Å²) in [6.07, 6.45) is -0.00281. The summed E-state index contributed by atoms with van der Waals surface area (Å²) >= 11 is 0. The molecule has 0 amide bonds. The Morgan fingerprint density at radius 2 is 1.59 bits per heavy atom. The third-order valence-corrected chi connectivity index (χ3v) is 4.93. The monoisotopic (exact) mass is 388 g/mol. The van der Waals surface area contributed by atoms with E-state index in [9.17, 15) is 5.11 Å². The van der Waals surface area contributed by atoms with Crippen LogP contribution in [0.3, 0.4) is 0 Å². The third-order valence-electron chi connectivity index (χ3n) is 4.93. The first kappa shape index (κ1) is 19.2. The molecule has 1 aliphatic rings. The third kappa shape index (κ3) is 4.47. The molecule has 1 heterocycles. The molecule has 4 rings (SSSR count). The van der Waals surface area contributed by atoms with Gasteiger partial charge in [-0.25, -0.2) is 4.99 Å². The lowest BCUT2D eigenvalue weighted by molar-refractivity contribution is 0.0536. The number of anilines is 1. The first-order valence-corrected chi connectivity index (χ1v) is 9.73. The summed E-state index contributed by atoms with van der Waals surface area (Å²) in [5, 5.41) is 18.4. The Morgan fingerprint density at radius 1 is 0.931 bits per heavy atom. The van der Waals surface area contributed by atoms with Crippen LogP contribution in [0.15, 0.2) is 89.9 Å². The summed E-state index contributed by atoms with van der Waals surface area (Å²) in [5.41, 5.74) is 3.23. The summed E-state index contributed by atoms with van der Waals surface area (Å²) < 4.78 is 5.52. The molecule has 1 aliphatic heterocycles. The number of aliphatic hydroxyl groups excluding tert-OH is 2. The number of aliphatic imine (C=N–C) groups is 1. The standard InChI is InChI=1S/C24H24N2O3/c27-16-21(28)17-29-22-13-11-20(12-14-22)26-23(18-7-3-1-4-8-18)15-24(26)25-19-9-5-2-6-10-19/h1-14,21,23,27-28H,15-17H2. The molecule has 29 heavy (non-hydrogen) atoms. The van der Waals surface area contributed by atoms with E-state index in [1.54, 1.807) is 0 Å². The van der Waals surface area contributed by atoms with Gasteiger partial charge in [-0.1, -0.05) is 48.5 Å². The van der Waals surface area contributed by atoms with E-state index >= 15 is 0 Å². The fourth-order valence-electron chi connectivity index (χ4n) is 3.40. The SMILES string of the molecule is OCC(O)COc1ccc(N2C(=Nc3ccccc3)CC2c2ccccc2)cc1. The number of para-hydroxylation sites is 1. The van der Waals surface area contributed by atoms with Crippen molar-refractivity contribution in [3.8, 4) is 5.75 Å². The van der Waals surface area contributed by atoms with Crippen LogP contribution in [-0.4, -0.2) is 35.4 Å². The molecule has 5 heteroatoms. The normalized spacial score (nSPS) is 18.3. The van der Waals surface area contributed by atoms with Crippen molar-refractivity contribution in [3.05, 3.63) is 90.5 Å². The van der Waals surface area contributed by atoms with E-state index in [2.05, 4.69) is 29.2 Å². The van der Waals surface area contributed by atoms with Crippen molar-refractivity contribution in [2.75, 3.05) is 18.1 Å². The van der Waals surface area contributed by atoms with Crippen molar-refractivity contribution in [1.82, 2.24) is 0 Å². The average molecular weight is 388 g/mol. The summed E-state index contributed by atoms with van der Waals surface area (Å²) in [7, 11) is 0. The van der Waals surface area contributed by atoms with Crippen LogP contribution in [0.1, 0.15) is 18.0 Å². The van der Waals surface area contributed by atoms with Crippen LogP contribution < -0.4 is 9.64 Å². The molecule has 0 saturated carbocycles. The zero-order valence-electron chi connectivity index (χ0n) is 16.1. The minimum atomic E-state index is -0.878. The Hall–Kier alpha value is -3.15. The molecular weight excluding hydrogens is 364 g/mol. The zero-order valence-corrected chi connectivity index (χ0v) is 16.1. The van der Waals surface area contributed by atoms with E-state index in [1.807, 2.05) is 60.7 Å². The number of hydrogen-bond acceptors (Lipinski definition) is 4. The molecule has 0 spiro atoms. The molecule has 0 bridgehead atoms. The van der Waals surface area contributed by atoms with Gasteiger partial charge in [0.15, 0.2) is 0 Å². The summed E-state index contributed by atoms with van der Waals surface area (Å²) in [6, 6.07) is 28.4. The highest BCUT2D eigenvalue weighted by atomic mass is 16.5. The smallest absolute Gasteiger partial charge is 0.119 e. The van der Waals surface area contributed by atoms with Crippen molar-refractivity contribution in [2.45, 2.75) is 18.6 Å². The lowest BCUT2D eigenvalue weighted by Crippen LogP contribution is -2.46. The van der Waals surface area contributed by atoms with E-state index in [1.165, 1.54) is 5.56 Å². The highest BCUT2D eigenvalue weighted by Gasteiger charge is 2.36. The van der Waals surface area contributed by atoms with Crippen molar-refractivity contribution in [2.24, 2.45) is 4.99 Å².